The van der Waals surface area contributed by atoms with E-state index in [0.29, 0.717) is 18.2 Å². The standard InChI is InChI=1S/C14H21ClN2O3S/c1-9(2)6-7-17-14(18)10(3)21(19,20)11-4-5-13(16)12(15)8-11/h4-5,8-10H,6-7,16H2,1-3H3,(H,17,18). The predicted octanol–water partition coefficient (Wildman–Crippen LogP) is 2.25. The Bertz CT molecular complexity index is 615. The van der Waals surface area contributed by atoms with E-state index >= 15 is 0 Å². The van der Waals surface area contributed by atoms with Crippen LogP contribution in [0.25, 0.3) is 0 Å². The summed E-state index contributed by atoms with van der Waals surface area (Å²) in [6, 6.07) is 4.04. The van der Waals surface area contributed by atoms with Gasteiger partial charge in [0, 0.05) is 6.54 Å². The molecule has 0 aliphatic heterocycles. The fraction of sp³-hybridized carbons (Fsp3) is 0.500. The van der Waals surface area contributed by atoms with Gasteiger partial charge in [0.1, 0.15) is 5.25 Å². The summed E-state index contributed by atoms with van der Waals surface area (Å²) in [4.78, 5) is 11.9. The SMILES string of the molecule is CC(C)CCNC(=O)C(C)S(=O)(=O)c1ccc(N)c(Cl)c1. The van der Waals surface area contributed by atoms with Crippen LogP contribution in [0.2, 0.25) is 5.02 Å². The number of carbonyl (C=O) groups is 1. The van der Waals surface area contributed by atoms with Crippen LogP contribution in [-0.4, -0.2) is 26.1 Å². The molecule has 0 aliphatic rings. The molecule has 1 amide bonds. The maximum atomic E-state index is 12.4. The van der Waals surface area contributed by atoms with E-state index in [1.54, 1.807) is 0 Å². The Morgan fingerprint density at radius 1 is 1.33 bits per heavy atom. The Morgan fingerprint density at radius 3 is 2.48 bits per heavy atom. The van der Waals surface area contributed by atoms with Crippen molar-refractivity contribution in [1.82, 2.24) is 5.32 Å². The third kappa shape index (κ3) is 4.61. The average molecular weight is 333 g/mol. The van der Waals surface area contributed by atoms with E-state index in [-0.39, 0.29) is 9.92 Å². The highest BCUT2D eigenvalue weighted by Crippen LogP contribution is 2.25. The van der Waals surface area contributed by atoms with Gasteiger partial charge in [0.2, 0.25) is 5.91 Å². The normalized spacial score (nSPS) is 13.2. The summed E-state index contributed by atoms with van der Waals surface area (Å²) in [6.45, 7) is 5.88. The smallest absolute Gasteiger partial charge is 0.238 e. The fourth-order valence-electron chi connectivity index (χ4n) is 1.66. The summed E-state index contributed by atoms with van der Waals surface area (Å²) in [7, 11) is -3.78. The zero-order chi connectivity index (χ0) is 16.2. The van der Waals surface area contributed by atoms with Gasteiger partial charge in [-0.1, -0.05) is 25.4 Å². The van der Waals surface area contributed by atoms with Crippen LogP contribution in [-0.2, 0) is 14.6 Å². The van der Waals surface area contributed by atoms with Crippen LogP contribution in [0.5, 0.6) is 0 Å². The molecule has 0 saturated carbocycles. The molecule has 1 aromatic rings. The highest BCUT2D eigenvalue weighted by Gasteiger charge is 2.29. The molecule has 0 radical (unpaired) electrons. The van der Waals surface area contributed by atoms with Gasteiger partial charge < -0.3 is 11.1 Å². The quantitative estimate of drug-likeness (QED) is 0.782. The summed E-state index contributed by atoms with van der Waals surface area (Å²) >= 11 is 5.83. The number of benzene rings is 1. The van der Waals surface area contributed by atoms with Gasteiger partial charge in [0.15, 0.2) is 9.84 Å². The molecule has 0 saturated heterocycles. The first-order chi connectivity index (χ1) is 9.66. The lowest BCUT2D eigenvalue weighted by atomic mass is 10.1. The molecule has 0 bridgehead atoms. The maximum Gasteiger partial charge on any atom is 0.238 e. The molecule has 1 atom stereocenters. The Balaban J connectivity index is 2.86. The number of hydrogen-bond donors (Lipinski definition) is 2. The Labute approximate surface area is 130 Å². The molecular weight excluding hydrogens is 312 g/mol. The number of rotatable bonds is 6. The van der Waals surface area contributed by atoms with Crippen molar-refractivity contribution in [2.45, 2.75) is 37.3 Å². The van der Waals surface area contributed by atoms with Gasteiger partial charge in [-0.15, -0.1) is 0 Å². The first kappa shape index (κ1) is 17.8. The minimum atomic E-state index is -3.78. The Morgan fingerprint density at radius 2 is 1.95 bits per heavy atom. The van der Waals surface area contributed by atoms with Crippen molar-refractivity contribution in [2.24, 2.45) is 5.92 Å². The second-order valence-electron chi connectivity index (χ2n) is 5.34. The molecule has 1 aromatic carbocycles. The molecule has 21 heavy (non-hydrogen) atoms. The van der Waals surface area contributed by atoms with Gasteiger partial charge in [-0.05, 0) is 37.5 Å². The molecule has 0 spiro atoms. The molecule has 1 unspecified atom stereocenters. The van der Waals surface area contributed by atoms with Crippen molar-refractivity contribution in [3.63, 3.8) is 0 Å². The van der Waals surface area contributed by atoms with Crippen LogP contribution in [0.15, 0.2) is 23.1 Å². The van der Waals surface area contributed by atoms with Crippen LogP contribution in [0, 0.1) is 5.92 Å². The third-order valence-electron chi connectivity index (χ3n) is 3.16. The Hall–Kier alpha value is -1.27. The monoisotopic (exact) mass is 332 g/mol. The van der Waals surface area contributed by atoms with Crippen molar-refractivity contribution in [1.29, 1.82) is 0 Å². The van der Waals surface area contributed by atoms with E-state index in [4.69, 9.17) is 17.3 Å². The number of nitrogen functional groups attached to an aromatic ring is 1. The minimum Gasteiger partial charge on any atom is -0.398 e. The lowest BCUT2D eigenvalue weighted by Crippen LogP contribution is -2.38. The summed E-state index contributed by atoms with van der Waals surface area (Å²) in [6.07, 6.45) is 0.798. The van der Waals surface area contributed by atoms with Crippen LogP contribution < -0.4 is 11.1 Å². The molecular formula is C14H21ClN2O3S. The maximum absolute atomic E-state index is 12.4. The van der Waals surface area contributed by atoms with Crippen LogP contribution in [0.1, 0.15) is 27.2 Å². The van der Waals surface area contributed by atoms with E-state index in [9.17, 15) is 13.2 Å². The lowest BCUT2D eigenvalue weighted by Gasteiger charge is -2.14. The van der Waals surface area contributed by atoms with E-state index in [1.165, 1.54) is 25.1 Å². The summed E-state index contributed by atoms with van der Waals surface area (Å²) in [5, 5.41) is 1.62. The topological polar surface area (TPSA) is 89.3 Å². The van der Waals surface area contributed by atoms with E-state index in [1.807, 2.05) is 13.8 Å². The molecule has 5 nitrogen and oxygen atoms in total. The average Bonchev–Trinajstić information content (AvgIpc) is 2.40. The molecule has 0 aromatic heterocycles. The van der Waals surface area contributed by atoms with E-state index < -0.39 is 21.0 Å². The van der Waals surface area contributed by atoms with Crippen LogP contribution in [0.4, 0.5) is 5.69 Å². The highest BCUT2D eigenvalue weighted by molar-refractivity contribution is 7.92. The summed E-state index contributed by atoms with van der Waals surface area (Å²) < 4.78 is 24.7. The number of nitrogens with one attached hydrogen (secondary N) is 1. The van der Waals surface area contributed by atoms with Crippen LogP contribution in [0.3, 0.4) is 0 Å². The van der Waals surface area contributed by atoms with Crippen molar-refractivity contribution < 1.29 is 13.2 Å². The van der Waals surface area contributed by atoms with Gasteiger partial charge in [0.25, 0.3) is 0 Å². The predicted molar refractivity (Wildman–Crippen MR) is 85.0 cm³/mol. The largest absolute Gasteiger partial charge is 0.398 e. The molecule has 1 rings (SSSR count). The number of hydrogen-bond acceptors (Lipinski definition) is 4. The van der Waals surface area contributed by atoms with E-state index in [2.05, 4.69) is 5.32 Å². The summed E-state index contributed by atoms with van der Waals surface area (Å²) in [5.41, 5.74) is 5.85. The van der Waals surface area contributed by atoms with Crippen molar-refractivity contribution >= 4 is 33.0 Å². The lowest BCUT2D eigenvalue weighted by molar-refractivity contribution is -0.120. The number of carbonyl (C=O) groups excluding carboxylic acids is 1. The molecule has 3 N–H and O–H groups in total. The molecule has 0 fully saturated rings. The fourth-order valence-corrected chi connectivity index (χ4v) is 3.22. The number of sulfone groups is 1. The van der Waals surface area contributed by atoms with Crippen molar-refractivity contribution in [3.8, 4) is 0 Å². The highest BCUT2D eigenvalue weighted by atomic mass is 35.5. The van der Waals surface area contributed by atoms with Gasteiger partial charge in [0.05, 0.1) is 15.6 Å². The number of halogens is 1. The zero-order valence-electron chi connectivity index (χ0n) is 12.4. The third-order valence-corrected chi connectivity index (χ3v) is 5.54. The molecule has 118 valence electrons. The number of anilines is 1. The van der Waals surface area contributed by atoms with E-state index in [0.717, 1.165) is 6.42 Å². The Kier molecular flexibility index (Phi) is 6.04. The van der Waals surface area contributed by atoms with Gasteiger partial charge in [-0.25, -0.2) is 8.42 Å². The molecule has 7 heteroatoms. The molecule has 0 heterocycles. The zero-order valence-corrected chi connectivity index (χ0v) is 14.0. The van der Waals surface area contributed by atoms with Gasteiger partial charge >= 0.3 is 0 Å². The second-order valence-corrected chi connectivity index (χ2v) is 8.02. The first-order valence-corrected chi connectivity index (χ1v) is 8.65. The van der Waals surface area contributed by atoms with Gasteiger partial charge in [-0.2, -0.15) is 0 Å². The van der Waals surface area contributed by atoms with Gasteiger partial charge in [-0.3, -0.25) is 4.79 Å². The van der Waals surface area contributed by atoms with Crippen LogP contribution >= 0.6 is 11.6 Å². The minimum absolute atomic E-state index is 0.00629. The number of nitrogens with two attached hydrogens (primary N) is 1. The number of amides is 1. The first-order valence-electron chi connectivity index (χ1n) is 6.73. The van der Waals surface area contributed by atoms with Crippen molar-refractivity contribution in [2.75, 3.05) is 12.3 Å². The second kappa shape index (κ2) is 7.13. The summed E-state index contributed by atoms with van der Waals surface area (Å²) in [5.74, 6) is -0.0725. The van der Waals surface area contributed by atoms with Crippen molar-refractivity contribution in [3.05, 3.63) is 23.2 Å². The molecule has 0 aliphatic carbocycles.